The van der Waals surface area contributed by atoms with Gasteiger partial charge in [0.2, 0.25) is 5.88 Å². The van der Waals surface area contributed by atoms with Crippen molar-refractivity contribution in [2.75, 3.05) is 11.3 Å². The average Bonchev–Trinajstić information content (AvgIpc) is 3.09. The van der Waals surface area contributed by atoms with Gasteiger partial charge >= 0.3 is 0 Å². The number of benzene rings is 2. The molecule has 0 aliphatic heterocycles. The molecule has 0 unspecified atom stereocenters. The number of hydrogen-bond acceptors (Lipinski definition) is 7. The molecule has 11 heteroatoms. The molecule has 2 heterocycles. The molecular weight excluding hydrogens is 473 g/mol. The van der Waals surface area contributed by atoms with Crippen LogP contribution in [0.15, 0.2) is 59.5 Å². The first-order valence-electron chi connectivity index (χ1n) is 10.8. The van der Waals surface area contributed by atoms with Gasteiger partial charge in [-0.2, -0.15) is 5.10 Å². The number of nitrogens with one attached hydrogen (secondary N) is 1. The molecule has 2 aromatic carbocycles. The lowest BCUT2D eigenvalue weighted by atomic mass is 10.2. The zero-order chi connectivity index (χ0) is 25.2. The van der Waals surface area contributed by atoms with Gasteiger partial charge in [-0.3, -0.25) is 4.72 Å². The Labute approximate surface area is 202 Å². The fourth-order valence-corrected chi connectivity index (χ4v) is 4.34. The molecule has 0 bridgehead atoms. The van der Waals surface area contributed by atoms with Crippen LogP contribution in [0.2, 0.25) is 0 Å². The minimum Gasteiger partial charge on any atom is -0.491 e. The summed E-state index contributed by atoms with van der Waals surface area (Å²) in [7, 11) is -3.99. The predicted molar refractivity (Wildman–Crippen MR) is 128 cm³/mol. The number of aromatic nitrogens is 4. The maximum Gasteiger partial charge on any atom is 0.262 e. The van der Waals surface area contributed by atoms with Crippen LogP contribution in [-0.4, -0.2) is 35.0 Å². The zero-order valence-electron chi connectivity index (χ0n) is 19.6. The fraction of sp³-hybridized carbons (Fsp3) is 0.208. The van der Waals surface area contributed by atoms with E-state index in [1.807, 2.05) is 20.8 Å². The number of rotatable bonds is 8. The van der Waals surface area contributed by atoms with Crippen LogP contribution in [0.3, 0.4) is 0 Å². The van der Waals surface area contributed by atoms with Crippen LogP contribution in [0.4, 0.5) is 10.1 Å². The van der Waals surface area contributed by atoms with Gasteiger partial charge in [0.1, 0.15) is 5.75 Å². The Morgan fingerprint density at radius 1 is 1.00 bits per heavy atom. The summed E-state index contributed by atoms with van der Waals surface area (Å²) < 4.78 is 54.3. The maximum atomic E-state index is 14.1. The summed E-state index contributed by atoms with van der Waals surface area (Å²) in [6.45, 7) is 7.88. The van der Waals surface area contributed by atoms with Crippen molar-refractivity contribution in [2.45, 2.75) is 32.6 Å². The second-order valence-corrected chi connectivity index (χ2v) is 9.38. The molecule has 0 fully saturated rings. The molecule has 35 heavy (non-hydrogen) atoms. The first-order chi connectivity index (χ1) is 16.7. The van der Waals surface area contributed by atoms with Gasteiger partial charge in [-0.1, -0.05) is 0 Å². The monoisotopic (exact) mass is 497 g/mol. The molecule has 0 amide bonds. The third-order valence-electron chi connectivity index (χ3n) is 5.34. The highest BCUT2D eigenvalue weighted by molar-refractivity contribution is 7.92. The van der Waals surface area contributed by atoms with Gasteiger partial charge in [-0.25, -0.2) is 17.5 Å². The number of ether oxygens (including phenoxy) is 2. The van der Waals surface area contributed by atoms with Gasteiger partial charge in [0.15, 0.2) is 17.4 Å². The number of anilines is 1. The third kappa shape index (κ3) is 5.24. The average molecular weight is 498 g/mol. The number of aryl methyl sites for hydroxylation is 1. The van der Waals surface area contributed by atoms with Crippen molar-refractivity contribution in [3.05, 3.63) is 77.4 Å². The summed E-state index contributed by atoms with van der Waals surface area (Å²) in [5.74, 6) is 0.517. The first kappa shape index (κ1) is 24.1. The summed E-state index contributed by atoms with van der Waals surface area (Å²) in [6.07, 6.45) is 0. The van der Waals surface area contributed by atoms with E-state index in [-0.39, 0.29) is 28.8 Å². The molecular formula is C24H24FN5O4S. The summed E-state index contributed by atoms with van der Waals surface area (Å²) in [4.78, 5) is -0.216. The minimum atomic E-state index is -3.99. The second kappa shape index (κ2) is 9.71. The van der Waals surface area contributed by atoms with E-state index in [0.717, 1.165) is 23.0 Å². The largest absolute Gasteiger partial charge is 0.491 e. The highest BCUT2D eigenvalue weighted by Crippen LogP contribution is 2.25. The van der Waals surface area contributed by atoms with Crippen molar-refractivity contribution in [1.29, 1.82) is 0 Å². The normalized spacial score (nSPS) is 11.3. The Bertz CT molecular complexity index is 1450. The van der Waals surface area contributed by atoms with E-state index in [1.165, 1.54) is 24.3 Å². The van der Waals surface area contributed by atoms with Crippen molar-refractivity contribution in [3.63, 3.8) is 0 Å². The number of nitrogens with zero attached hydrogens (tertiary/aromatic N) is 4. The standard InChI is InChI=1S/C24H24FN5O4S/c1-5-33-22-11-10-20(14-21(22)25)35(31,32)29-18-6-8-19(9-7-18)34-24-13-12-23(26-27-24)30-17(4)15(2)16(3)28-30/h6-14,29H,5H2,1-4H3. The van der Waals surface area contributed by atoms with Crippen LogP contribution < -0.4 is 14.2 Å². The highest BCUT2D eigenvalue weighted by Gasteiger charge is 2.17. The second-order valence-electron chi connectivity index (χ2n) is 7.69. The molecule has 9 nitrogen and oxygen atoms in total. The van der Waals surface area contributed by atoms with E-state index in [0.29, 0.717) is 11.6 Å². The van der Waals surface area contributed by atoms with Crippen molar-refractivity contribution < 1.29 is 22.3 Å². The molecule has 182 valence electrons. The van der Waals surface area contributed by atoms with Crippen LogP contribution in [0.1, 0.15) is 23.9 Å². The van der Waals surface area contributed by atoms with E-state index < -0.39 is 15.8 Å². The predicted octanol–water partition coefficient (Wildman–Crippen LogP) is 4.72. The molecule has 2 aromatic heterocycles. The molecule has 1 N–H and O–H groups in total. The van der Waals surface area contributed by atoms with Crippen molar-refractivity contribution in [1.82, 2.24) is 20.0 Å². The van der Waals surface area contributed by atoms with Gasteiger partial charge in [-0.15, -0.1) is 10.2 Å². The topological polar surface area (TPSA) is 108 Å². The SMILES string of the molecule is CCOc1ccc(S(=O)(=O)Nc2ccc(Oc3ccc(-n4nc(C)c(C)c4C)nn3)cc2)cc1F. The Balaban J connectivity index is 1.43. The van der Waals surface area contributed by atoms with Crippen LogP contribution in [0, 0.1) is 26.6 Å². The number of halogens is 1. The van der Waals surface area contributed by atoms with E-state index in [1.54, 1.807) is 35.9 Å². The highest BCUT2D eigenvalue weighted by atomic mass is 32.2. The van der Waals surface area contributed by atoms with Crippen molar-refractivity contribution in [3.8, 4) is 23.2 Å². The molecule has 4 rings (SSSR count). The maximum absolute atomic E-state index is 14.1. The lowest BCUT2D eigenvalue weighted by Crippen LogP contribution is -2.13. The van der Waals surface area contributed by atoms with Crippen LogP contribution in [0.25, 0.3) is 5.82 Å². The van der Waals surface area contributed by atoms with Crippen LogP contribution >= 0.6 is 0 Å². The summed E-state index contributed by atoms with van der Waals surface area (Å²) >= 11 is 0. The van der Waals surface area contributed by atoms with Crippen LogP contribution in [-0.2, 0) is 10.0 Å². The summed E-state index contributed by atoms with van der Waals surface area (Å²) in [5, 5.41) is 12.7. The lowest BCUT2D eigenvalue weighted by molar-refractivity contribution is 0.321. The van der Waals surface area contributed by atoms with Crippen molar-refractivity contribution in [2.24, 2.45) is 0 Å². The molecule has 4 aromatic rings. The quantitative estimate of drug-likeness (QED) is 0.375. The van der Waals surface area contributed by atoms with Gasteiger partial charge in [0.25, 0.3) is 10.0 Å². The van der Waals surface area contributed by atoms with Gasteiger partial charge < -0.3 is 9.47 Å². The van der Waals surface area contributed by atoms with E-state index >= 15 is 0 Å². The van der Waals surface area contributed by atoms with Gasteiger partial charge in [0.05, 0.1) is 17.2 Å². The Hall–Kier alpha value is -3.99. The Kier molecular flexibility index (Phi) is 6.70. The van der Waals surface area contributed by atoms with Crippen molar-refractivity contribution >= 4 is 15.7 Å². The molecule has 0 saturated carbocycles. The van der Waals surface area contributed by atoms with E-state index in [2.05, 4.69) is 20.0 Å². The third-order valence-corrected chi connectivity index (χ3v) is 6.72. The first-order valence-corrected chi connectivity index (χ1v) is 12.3. The zero-order valence-corrected chi connectivity index (χ0v) is 20.4. The summed E-state index contributed by atoms with van der Waals surface area (Å²) in [5.41, 5.74) is 3.29. The summed E-state index contributed by atoms with van der Waals surface area (Å²) in [6, 6.07) is 13.1. The molecule has 0 radical (unpaired) electrons. The smallest absolute Gasteiger partial charge is 0.262 e. The minimum absolute atomic E-state index is 0.00549. The van der Waals surface area contributed by atoms with E-state index in [9.17, 15) is 12.8 Å². The Morgan fingerprint density at radius 3 is 2.31 bits per heavy atom. The molecule has 0 aliphatic rings. The molecule has 0 aliphatic carbocycles. The van der Waals surface area contributed by atoms with Gasteiger partial charge in [0, 0.05) is 17.4 Å². The van der Waals surface area contributed by atoms with Crippen LogP contribution in [0.5, 0.6) is 17.4 Å². The molecule has 0 atom stereocenters. The number of sulfonamides is 1. The van der Waals surface area contributed by atoms with Gasteiger partial charge in [-0.05, 0) is 81.8 Å². The molecule has 0 spiro atoms. The molecule has 0 saturated heterocycles. The lowest BCUT2D eigenvalue weighted by Gasteiger charge is -2.11. The fourth-order valence-electron chi connectivity index (χ4n) is 3.27. The number of hydrogen-bond donors (Lipinski definition) is 1. The van der Waals surface area contributed by atoms with E-state index in [4.69, 9.17) is 9.47 Å². The Morgan fingerprint density at radius 2 is 1.74 bits per heavy atom.